The molecule has 1 aromatic rings. The molecule has 8 heteroatoms. The minimum atomic E-state index is -0.609. The minimum absolute atomic E-state index is 0. The quantitative estimate of drug-likeness (QED) is 0.403. The highest BCUT2D eigenvalue weighted by Gasteiger charge is 2.20. The number of halogens is 1. The van der Waals surface area contributed by atoms with Crippen LogP contribution >= 0.6 is 0 Å². The van der Waals surface area contributed by atoms with Crippen molar-refractivity contribution in [1.29, 1.82) is 0 Å². The summed E-state index contributed by atoms with van der Waals surface area (Å²) in [5.41, 5.74) is 9.59. The molecule has 0 radical (unpaired) electrons. The van der Waals surface area contributed by atoms with Crippen molar-refractivity contribution >= 4 is 17.8 Å². The van der Waals surface area contributed by atoms with Crippen LogP contribution in [0.5, 0.6) is 11.5 Å². The average Bonchev–Trinajstić information content (AvgIpc) is 2.49. The molecule has 0 aliphatic carbocycles. The van der Waals surface area contributed by atoms with Gasteiger partial charge in [-0.3, -0.25) is 14.4 Å². The fourth-order valence-corrected chi connectivity index (χ4v) is 1.68. The molecule has 1 atom stereocenters. The Bertz CT molecular complexity index is 631. The molecule has 140 valence electrons. The van der Waals surface area contributed by atoms with Crippen LogP contribution in [-0.2, 0) is 20.8 Å². The molecule has 0 unspecified atom stereocenters. The van der Waals surface area contributed by atoms with Gasteiger partial charge in [-0.2, -0.15) is 0 Å². The lowest BCUT2D eigenvalue weighted by molar-refractivity contribution is -0.402. The van der Waals surface area contributed by atoms with Crippen molar-refractivity contribution in [3.8, 4) is 11.5 Å². The first-order valence-corrected chi connectivity index (χ1v) is 7.80. The SMILES string of the molecule is CC(C)C(=O)Oc1ccc(C[C@H]([NH3+])C(N)=O)cc1OC(=O)C(C)C.[Cl-]. The average molecular weight is 373 g/mol. The van der Waals surface area contributed by atoms with Gasteiger partial charge >= 0.3 is 11.9 Å². The summed E-state index contributed by atoms with van der Waals surface area (Å²) < 4.78 is 10.6. The highest BCUT2D eigenvalue weighted by atomic mass is 35.5. The van der Waals surface area contributed by atoms with Crippen LogP contribution in [0.15, 0.2) is 18.2 Å². The topological polar surface area (TPSA) is 123 Å². The Hall–Kier alpha value is -2.12. The lowest BCUT2D eigenvalue weighted by Crippen LogP contribution is -3.00. The fourth-order valence-electron chi connectivity index (χ4n) is 1.68. The third-order valence-corrected chi connectivity index (χ3v) is 3.26. The molecular formula is C17H25ClN2O5. The van der Waals surface area contributed by atoms with Gasteiger partial charge in [-0.25, -0.2) is 0 Å². The molecule has 5 N–H and O–H groups in total. The van der Waals surface area contributed by atoms with E-state index in [1.807, 2.05) is 0 Å². The Labute approximate surface area is 153 Å². The minimum Gasteiger partial charge on any atom is -1.00 e. The summed E-state index contributed by atoms with van der Waals surface area (Å²) in [5, 5.41) is 0. The van der Waals surface area contributed by atoms with E-state index in [9.17, 15) is 14.4 Å². The van der Waals surface area contributed by atoms with Crippen molar-refractivity contribution in [2.75, 3.05) is 0 Å². The molecule has 0 aliphatic rings. The summed E-state index contributed by atoms with van der Waals surface area (Å²) in [5.74, 6) is -1.77. The van der Waals surface area contributed by atoms with Crippen molar-refractivity contribution < 1.29 is 42.0 Å². The number of carbonyl (C=O) groups excluding carboxylic acids is 3. The van der Waals surface area contributed by atoms with E-state index in [-0.39, 0.29) is 35.7 Å². The lowest BCUT2D eigenvalue weighted by atomic mass is 10.1. The molecular weight excluding hydrogens is 348 g/mol. The zero-order valence-electron chi connectivity index (χ0n) is 14.9. The first-order chi connectivity index (χ1) is 11.1. The number of ether oxygens (including phenoxy) is 2. The zero-order valence-corrected chi connectivity index (χ0v) is 15.6. The van der Waals surface area contributed by atoms with Gasteiger partial charge < -0.3 is 33.3 Å². The van der Waals surface area contributed by atoms with Crippen molar-refractivity contribution in [1.82, 2.24) is 0 Å². The second kappa shape index (κ2) is 10.0. The zero-order chi connectivity index (χ0) is 18.4. The fraction of sp³-hybridized carbons (Fsp3) is 0.471. The van der Waals surface area contributed by atoms with E-state index in [4.69, 9.17) is 15.2 Å². The van der Waals surface area contributed by atoms with Gasteiger partial charge in [0, 0.05) is 6.42 Å². The predicted molar refractivity (Wildman–Crippen MR) is 87.0 cm³/mol. The van der Waals surface area contributed by atoms with Crippen molar-refractivity contribution in [2.24, 2.45) is 17.6 Å². The number of rotatable bonds is 7. The van der Waals surface area contributed by atoms with Crippen molar-refractivity contribution in [3.63, 3.8) is 0 Å². The highest BCUT2D eigenvalue weighted by Crippen LogP contribution is 2.30. The maximum absolute atomic E-state index is 11.9. The molecule has 0 bridgehead atoms. The van der Waals surface area contributed by atoms with Gasteiger partial charge in [-0.1, -0.05) is 33.8 Å². The predicted octanol–water partition coefficient (Wildman–Crippen LogP) is -2.55. The number of amides is 1. The number of quaternary nitrogens is 1. The number of hydrogen-bond acceptors (Lipinski definition) is 5. The van der Waals surface area contributed by atoms with Crippen LogP contribution < -0.4 is 33.3 Å². The maximum atomic E-state index is 11.9. The van der Waals surface area contributed by atoms with E-state index in [0.717, 1.165) is 0 Å². The Morgan fingerprint density at radius 2 is 1.48 bits per heavy atom. The van der Waals surface area contributed by atoms with Gasteiger partial charge in [-0.15, -0.1) is 0 Å². The van der Waals surface area contributed by atoms with E-state index in [1.54, 1.807) is 39.8 Å². The molecule has 0 saturated heterocycles. The van der Waals surface area contributed by atoms with Gasteiger partial charge in [0.2, 0.25) is 0 Å². The monoisotopic (exact) mass is 372 g/mol. The smallest absolute Gasteiger partial charge is 0.313 e. The van der Waals surface area contributed by atoms with E-state index in [0.29, 0.717) is 12.0 Å². The molecule has 1 amide bonds. The van der Waals surface area contributed by atoms with Crippen LogP contribution in [0, 0.1) is 11.8 Å². The number of esters is 2. The second-order valence-electron chi connectivity index (χ2n) is 6.24. The second-order valence-corrected chi connectivity index (χ2v) is 6.24. The largest absolute Gasteiger partial charge is 1.00 e. The molecule has 0 saturated carbocycles. The number of carbonyl (C=O) groups is 3. The van der Waals surface area contributed by atoms with Gasteiger partial charge in [0.15, 0.2) is 17.5 Å². The summed E-state index contributed by atoms with van der Waals surface area (Å²) in [6, 6.07) is 4.16. The third kappa shape index (κ3) is 7.11. The number of hydrogen-bond donors (Lipinski definition) is 2. The van der Waals surface area contributed by atoms with E-state index >= 15 is 0 Å². The van der Waals surface area contributed by atoms with Gasteiger partial charge in [0.1, 0.15) is 0 Å². The Morgan fingerprint density at radius 1 is 1.00 bits per heavy atom. The Balaban J connectivity index is 0.00000576. The van der Waals surface area contributed by atoms with Gasteiger partial charge in [0.25, 0.3) is 5.91 Å². The van der Waals surface area contributed by atoms with Gasteiger partial charge in [0.05, 0.1) is 11.8 Å². The third-order valence-electron chi connectivity index (χ3n) is 3.26. The molecule has 0 spiro atoms. The first kappa shape index (κ1) is 22.9. The van der Waals surface area contributed by atoms with E-state index < -0.39 is 23.9 Å². The standard InChI is InChI=1S/C17H24N2O5.ClH/c1-9(2)16(21)23-13-6-5-11(7-12(18)15(19)20)8-14(13)24-17(22)10(3)4;/h5-6,8-10,12H,7,18H2,1-4H3,(H2,19,20);1H/t12-;/m0./s1. The molecule has 1 rings (SSSR count). The summed E-state index contributed by atoms with van der Waals surface area (Å²) in [6.45, 7) is 6.81. The molecule has 0 aromatic heterocycles. The number of primary amides is 1. The van der Waals surface area contributed by atoms with Crippen molar-refractivity contribution in [2.45, 2.75) is 40.2 Å². The molecule has 0 aliphatic heterocycles. The summed E-state index contributed by atoms with van der Waals surface area (Å²) in [7, 11) is 0. The summed E-state index contributed by atoms with van der Waals surface area (Å²) in [6.07, 6.45) is 0.292. The maximum Gasteiger partial charge on any atom is 0.313 e. The first-order valence-electron chi connectivity index (χ1n) is 7.80. The van der Waals surface area contributed by atoms with Crippen LogP contribution in [0.3, 0.4) is 0 Å². The van der Waals surface area contributed by atoms with Gasteiger partial charge in [-0.05, 0) is 17.7 Å². The molecule has 0 fully saturated rings. The summed E-state index contributed by atoms with van der Waals surface area (Å²) >= 11 is 0. The van der Waals surface area contributed by atoms with Crippen molar-refractivity contribution in [3.05, 3.63) is 23.8 Å². The lowest BCUT2D eigenvalue weighted by Gasteiger charge is -2.14. The van der Waals surface area contributed by atoms with Crippen LogP contribution in [-0.4, -0.2) is 23.9 Å². The number of benzene rings is 1. The summed E-state index contributed by atoms with van der Waals surface area (Å²) in [4.78, 5) is 34.8. The van der Waals surface area contributed by atoms with Crippen LogP contribution in [0.1, 0.15) is 33.3 Å². The molecule has 0 heterocycles. The Kier molecular flexibility index (Phi) is 9.16. The van der Waals surface area contributed by atoms with E-state index in [1.165, 1.54) is 6.07 Å². The van der Waals surface area contributed by atoms with E-state index in [2.05, 4.69) is 5.73 Å². The normalized spacial score (nSPS) is 11.6. The Morgan fingerprint density at radius 3 is 1.92 bits per heavy atom. The van der Waals surface area contributed by atoms with Crippen LogP contribution in [0.2, 0.25) is 0 Å². The van der Waals surface area contributed by atoms with Crippen LogP contribution in [0.4, 0.5) is 0 Å². The molecule has 7 nitrogen and oxygen atoms in total. The molecule has 1 aromatic carbocycles. The number of nitrogens with two attached hydrogens (primary N) is 1. The highest BCUT2D eigenvalue weighted by molar-refractivity contribution is 5.79. The van der Waals surface area contributed by atoms with Crippen LogP contribution in [0.25, 0.3) is 0 Å². The molecule has 25 heavy (non-hydrogen) atoms.